The van der Waals surface area contributed by atoms with Gasteiger partial charge in [-0.15, -0.1) is 24.4 Å². The van der Waals surface area contributed by atoms with Gasteiger partial charge in [-0.05, 0) is 52.0 Å². The fourth-order valence-electron chi connectivity index (χ4n) is 2.22. The molecule has 2 rings (SSSR count). The van der Waals surface area contributed by atoms with Crippen molar-refractivity contribution in [3.63, 3.8) is 0 Å². The molecule has 10 heteroatoms. The Morgan fingerprint density at radius 2 is 1.06 bits per heavy atom. The van der Waals surface area contributed by atoms with Crippen molar-refractivity contribution in [3.05, 3.63) is 60.7 Å². The van der Waals surface area contributed by atoms with Crippen LogP contribution in [0.2, 0.25) is 0 Å². The van der Waals surface area contributed by atoms with Crippen molar-refractivity contribution < 1.29 is 27.2 Å². The molecule has 0 amide bonds. The SMILES string of the molecule is CCOP(=O)(CC)OCC.CCOP(=O)(CSc1ccccc1)OCC.Sc1ccccc1. The first-order chi connectivity index (χ1) is 15.8. The van der Waals surface area contributed by atoms with Gasteiger partial charge < -0.3 is 18.1 Å². The van der Waals surface area contributed by atoms with Gasteiger partial charge in [0.25, 0.3) is 0 Å². The molecule has 33 heavy (non-hydrogen) atoms. The Morgan fingerprint density at radius 1 is 0.667 bits per heavy atom. The van der Waals surface area contributed by atoms with E-state index >= 15 is 0 Å². The van der Waals surface area contributed by atoms with E-state index in [-0.39, 0.29) is 0 Å². The van der Waals surface area contributed by atoms with Gasteiger partial charge in [-0.3, -0.25) is 9.13 Å². The molecule has 0 bridgehead atoms. The molecule has 0 atom stereocenters. The summed E-state index contributed by atoms with van der Waals surface area (Å²) >= 11 is 5.58. The summed E-state index contributed by atoms with van der Waals surface area (Å²) in [7, 11) is -5.62. The lowest BCUT2D eigenvalue weighted by molar-refractivity contribution is 0.221. The fourth-order valence-corrected chi connectivity index (χ4v) is 6.65. The summed E-state index contributed by atoms with van der Waals surface area (Å²) < 4.78 is 43.8. The van der Waals surface area contributed by atoms with Crippen LogP contribution in [0.5, 0.6) is 0 Å². The molecule has 0 N–H and O–H groups in total. The molecular weight excluding hydrogens is 498 g/mol. The number of thiol groups is 1. The first kappa shape index (κ1) is 32.4. The van der Waals surface area contributed by atoms with Gasteiger partial charge in [-0.25, -0.2) is 0 Å². The highest BCUT2D eigenvalue weighted by Gasteiger charge is 2.23. The van der Waals surface area contributed by atoms with Gasteiger partial charge in [0.15, 0.2) is 0 Å². The number of benzene rings is 2. The summed E-state index contributed by atoms with van der Waals surface area (Å²) in [5.41, 5.74) is 0.360. The molecule has 0 spiro atoms. The Morgan fingerprint density at radius 3 is 1.39 bits per heavy atom. The third-order valence-corrected chi connectivity index (χ3v) is 9.65. The van der Waals surface area contributed by atoms with Crippen LogP contribution >= 0.6 is 39.6 Å². The summed E-state index contributed by atoms with van der Waals surface area (Å²) in [5.74, 6) is 0. The Kier molecular flexibility index (Phi) is 19.4. The monoisotopic (exact) mass is 536 g/mol. The van der Waals surface area contributed by atoms with Gasteiger partial charge in [0.2, 0.25) is 0 Å². The molecule has 0 fully saturated rings. The van der Waals surface area contributed by atoms with E-state index in [2.05, 4.69) is 12.6 Å². The maximum Gasteiger partial charge on any atom is 0.340 e. The van der Waals surface area contributed by atoms with Gasteiger partial charge in [0.1, 0.15) is 5.49 Å². The molecule has 2 aromatic rings. The number of thioether (sulfide) groups is 1. The van der Waals surface area contributed by atoms with Gasteiger partial charge in [-0.1, -0.05) is 43.3 Å². The third kappa shape index (κ3) is 16.7. The van der Waals surface area contributed by atoms with Crippen LogP contribution < -0.4 is 0 Å². The van der Waals surface area contributed by atoms with E-state index in [0.29, 0.717) is 38.1 Å². The van der Waals surface area contributed by atoms with Crippen LogP contribution in [0.4, 0.5) is 0 Å². The lowest BCUT2D eigenvalue weighted by atomic mass is 10.4. The highest BCUT2D eigenvalue weighted by Crippen LogP contribution is 2.52. The van der Waals surface area contributed by atoms with E-state index in [4.69, 9.17) is 18.1 Å². The van der Waals surface area contributed by atoms with Crippen LogP contribution in [0.25, 0.3) is 0 Å². The van der Waals surface area contributed by atoms with Crippen LogP contribution in [0, 0.1) is 0 Å². The quantitative estimate of drug-likeness (QED) is 0.166. The smallest absolute Gasteiger partial charge is 0.309 e. The first-order valence-corrected chi connectivity index (χ1v) is 15.8. The van der Waals surface area contributed by atoms with Crippen molar-refractivity contribution in [2.45, 2.75) is 44.4 Å². The molecule has 0 saturated heterocycles. The Hall–Kier alpha value is -0.560. The Balaban J connectivity index is 0.000000513. The van der Waals surface area contributed by atoms with Gasteiger partial charge in [0, 0.05) is 16.0 Å². The van der Waals surface area contributed by atoms with Crippen LogP contribution in [0.15, 0.2) is 70.5 Å². The summed E-state index contributed by atoms with van der Waals surface area (Å²) in [6.45, 7) is 10.8. The second-order valence-electron chi connectivity index (χ2n) is 6.13. The summed E-state index contributed by atoms with van der Waals surface area (Å²) in [5, 5.41) is 0. The standard InChI is InChI=1S/C11H17O3PS.C6H15O3P.C6H6S/c1-3-13-15(12,14-4-2)10-16-11-8-6-5-7-9-11;1-4-8-10(7,6-3)9-5-2;7-6-4-2-1-3-5-6/h5-9H,3-4,10H2,1-2H3;4-6H2,1-3H3;1-5,7H. The highest BCUT2D eigenvalue weighted by atomic mass is 32.2. The zero-order chi connectivity index (χ0) is 25.0. The average molecular weight is 537 g/mol. The van der Waals surface area contributed by atoms with E-state index in [1.54, 1.807) is 20.8 Å². The molecular formula is C23H38O6P2S2. The van der Waals surface area contributed by atoms with Gasteiger partial charge >= 0.3 is 15.2 Å². The minimum atomic E-state index is -2.92. The van der Waals surface area contributed by atoms with E-state index < -0.39 is 15.2 Å². The maximum atomic E-state index is 12.1. The molecule has 0 aliphatic heterocycles. The molecule has 0 aliphatic carbocycles. The molecule has 0 heterocycles. The van der Waals surface area contributed by atoms with Crippen molar-refractivity contribution in [1.29, 1.82) is 0 Å². The predicted octanol–water partition coefficient (Wildman–Crippen LogP) is 8.25. The molecule has 0 aliphatic rings. The normalized spacial score (nSPS) is 11.1. The fraction of sp³-hybridized carbons (Fsp3) is 0.478. The maximum absolute atomic E-state index is 12.1. The van der Waals surface area contributed by atoms with E-state index in [0.717, 1.165) is 9.79 Å². The zero-order valence-corrected chi connectivity index (χ0v) is 23.7. The van der Waals surface area contributed by atoms with Crippen molar-refractivity contribution in [1.82, 2.24) is 0 Å². The van der Waals surface area contributed by atoms with E-state index in [1.165, 1.54) is 11.8 Å². The second kappa shape index (κ2) is 19.7. The van der Waals surface area contributed by atoms with E-state index in [9.17, 15) is 9.13 Å². The number of hydrogen-bond acceptors (Lipinski definition) is 8. The minimum Gasteiger partial charge on any atom is -0.309 e. The zero-order valence-electron chi connectivity index (χ0n) is 20.2. The van der Waals surface area contributed by atoms with Crippen molar-refractivity contribution >= 4 is 39.6 Å². The molecule has 2 aromatic carbocycles. The molecule has 0 radical (unpaired) electrons. The van der Waals surface area contributed by atoms with E-state index in [1.807, 2.05) is 74.5 Å². The lowest BCUT2D eigenvalue weighted by Gasteiger charge is -2.16. The molecule has 188 valence electrons. The number of rotatable bonds is 12. The van der Waals surface area contributed by atoms with Crippen molar-refractivity contribution in [2.24, 2.45) is 0 Å². The Bertz CT molecular complexity index is 789. The van der Waals surface area contributed by atoms with Crippen molar-refractivity contribution in [3.8, 4) is 0 Å². The third-order valence-electron chi connectivity index (χ3n) is 3.58. The van der Waals surface area contributed by atoms with Crippen LogP contribution in [-0.2, 0) is 27.2 Å². The Labute approximate surface area is 209 Å². The largest absolute Gasteiger partial charge is 0.340 e. The molecule has 0 unspecified atom stereocenters. The van der Waals surface area contributed by atoms with Crippen LogP contribution in [0.1, 0.15) is 34.6 Å². The van der Waals surface area contributed by atoms with Crippen LogP contribution in [-0.4, -0.2) is 38.1 Å². The second-order valence-corrected chi connectivity index (χ2v) is 12.5. The van der Waals surface area contributed by atoms with Gasteiger partial charge in [0.05, 0.1) is 26.4 Å². The van der Waals surface area contributed by atoms with Gasteiger partial charge in [-0.2, -0.15) is 0 Å². The summed E-state index contributed by atoms with van der Waals surface area (Å²) in [6.07, 6.45) is 0.453. The highest BCUT2D eigenvalue weighted by molar-refractivity contribution is 8.04. The minimum absolute atomic E-state index is 0.360. The summed E-state index contributed by atoms with van der Waals surface area (Å²) in [6, 6.07) is 19.6. The first-order valence-electron chi connectivity index (χ1n) is 11.0. The lowest BCUT2D eigenvalue weighted by Crippen LogP contribution is -1.97. The topological polar surface area (TPSA) is 71.1 Å². The summed E-state index contributed by atoms with van der Waals surface area (Å²) in [4.78, 5) is 2.09. The average Bonchev–Trinajstić information content (AvgIpc) is 2.81. The predicted molar refractivity (Wildman–Crippen MR) is 143 cm³/mol. The molecule has 0 saturated carbocycles. The van der Waals surface area contributed by atoms with Crippen molar-refractivity contribution in [2.75, 3.05) is 38.1 Å². The molecule has 0 aromatic heterocycles. The molecule has 6 nitrogen and oxygen atoms in total. The number of hydrogen-bond donors (Lipinski definition) is 1. The van der Waals surface area contributed by atoms with Crippen LogP contribution in [0.3, 0.4) is 0 Å².